The molecule has 5 heteroatoms. The topological polar surface area (TPSA) is 12.4 Å². The van der Waals surface area contributed by atoms with Gasteiger partial charge in [0.15, 0.2) is 0 Å². The summed E-state index contributed by atoms with van der Waals surface area (Å²) in [4.78, 5) is 4.18. The second-order valence-corrected chi connectivity index (χ2v) is 4.65. The molecular formula is C15H11ClF3N. The zero-order valence-electron chi connectivity index (χ0n) is 10.4. The quantitative estimate of drug-likeness (QED) is 0.709. The van der Waals surface area contributed by atoms with Crippen molar-refractivity contribution < 1.29 is 13.2 Å². The Labute approximate surface area is 119 Å². The number of hydrogen-bond acceptors (Lipinski definition) is 1. The third-order valence-corrected chi connectivity index (χ3v) is 2.92. The van der Waals surface area contributed by atoms with Crippen molar-refractivity contribution in [3.63, 3.8) is 0 Å². The Balaban J connectivity index is 1.99. The third-order valence-electron chi connectivity index (χ3n) is 2.67. The molecule has 2 aromatic rings. The molecule has 1 nitrogen and oxygen atoms in total. The van der Waals surface area contributed by atoms with E-state index in [0.717, 1.165) is 17.7 Å². The van der Waals surface area contributed by atoms with E-state index in [1.807, 2.05) is 12.1 Å². The fourth-order valence-electron chi connectivity index (χ4n) is 1.60. The van der Waals surface area contributed by atoms with Crippen molar-refractivity contribution in [2.45, 2.75) is 12.7 Å². The van der Waals surface area contributed by atoms with Crippen LogP contribution in [0.5, 0.6) is 0 Å². The molecule has 0 aliphatic rings. The molecule has 20 heavy (non-hydrogen) atoms. The maximum atomic E-state index is 12.4. The summed E-state index contributed by atoms with van der Waals surface area (Å²) in [5.74, 6) is 0. The SMILES string of the molecule is FC(F)(F)c1ccc(C=NCc2ccc(Cl)cc2)cc1. The van der Waals surface area contributed by atoms with Crippen molar-refractivity contribution in [2.75, 3.05) is 0 Å². The molecule has 0 aromatic heterocycles. The fourth-order valence-corrected chi connectivity index (χ4v) is 1.73. The molecule has 104 valence electrons. The lowest BCUT2D eigenvalue weighted by molar-refractivity contribution is -0.137. The molecule has 0 unspecified atom stereocenters. The van der Waals surface area contributed by atoms with Gasteiger partial charge in [-0.1, -0.05) is 35.9 Å². The second kappa shape index (κ2) is 6.09. The minimum Gasteiger partial charge on any atom is -0.288 e. The van der Waals surface area contributed by atoms with E-state index in [9.17, 15) is 13.2 Å². The molecule has 0 atom stereocenters. The van der Waals surface area contributed by atoms with Crippen molar-refractivity contribution in [1.82, 2.24) is 0 Å². The van der Waals surface area contributed by atoms with Gasteiger partial charge in [0.25, 0.3) is 0 Å². The van der Waals surface area contributed by atoms with Crippen molar-refractivity contribution in [3.05, 3.63) is 70.2 Å². The van der Waals surface area contributed by atoms with Crippen LogP contribution in [0.1, 0.15) is 16.7 Å². The normalized spacial score (nSPS) is 12.0. The first kappa shape index (κ1) is 14.6. The maximum Gasteiger partial charge on any atom is 0.416 e. The van der Waals surface area contributed by atoms with Gasteiger partial charge in [-0.25, -0.2) is 0 Å². The molecule has 0 amide bonds. The highest BCUT2D eigenvalue weighted by atomic mass is 35.5. The third kappa shape index (κ3) is 4.10. The van der Waals surface area contributed by atoms with Crippen LogP contribution in [0.15, 0.2) is 53.5 Å². The van der Waals surface area contributed by atoms with Crippen LogP contribution in [-0.4, -0.2) is 6.21 Å². The van der Waals surface area contributed by atoms with Gasteiger partial charge >= 0.3 is 6.18 Å². The van der Waals surface area contributed by atoms with Gasteiger partial charge in [-0.3, -0.25) is 4.99 Å². The average molecular weight is 298 g/mol. The highest BCUT2D eigenvalue weighted by Crippen LogP contribution is 2.28. The summed E-state index contributed by atoms with van der Waals surface area (Å²) in [6, 6.07) is 12.1. The molecule has 2 aromatic carbocycles. The Kier molecular flexibility index (Phi) is 4.45. The standard InChI is InChI=1S/C15H11ClF3N/c16-14-7-3-12(4-8-14)10-20-9-11-1-5-13(6-2-11)15(17,18)19/h1-9H,10H2. The van der Waals surface area contributed by atoms with Crippen LogP contribution in [0.3, 0.4) is 0 Å². The first-order chi connectivity index (χ1) is 9.45. The Morgan fingerprint density at radius 1 is 0.950 bits per heavy atom. The van der Waals surface area contributed by atoms with Gasteiger partial charge in [-0.05, 0) is 35.4 Å². The molecule has 0 saturated carbocycles. The summed E-state index contributed by atoms with van der Waals surface area (Å²) in [7, 11) is 0. The molecule has 0 spiro atoms. The summed E-state index contributed by atoms with van der Waals surface area (Å²) in [5.41, 5.74) is 0.955. The first-order valence-corrected chi connectivity index (χ1v) is 6.24. The van der Waals surface area contributed by atoms with Gasteiger partial charge in [0.1, 0.15) is 0 Å². The molecule has 0 aliphatic carbocycles. The zero-order chi connectivity index (χ0) is 14.6. The largest absolute Gasteiger partial charge is 0.416 e. The van der Waals surface area contributed by atoms with Gasteiger partial charge in [0.05, 0.1) is 12.1 Å². The summed E-state index contributed by atoms with van der Waals surface area (Å²) < 4.78 is 37.1. The molecule has 0 saturated heterocycles. The number of alkyl halides is 3. The van der Waals surface area contributed by atoms with E-state index in [0.29, 0.717) is 17.1 Å². The number of hydrogen-bond donors (Lipinski definition) is 0. The number of halogens is 4. The monoisotopic (exact) mass is 297 g/mol. The van der Waals surface area contributed by atoms with E-state index in [1.54, 1.807) is 18.3 Å². The molecule has 0 N–H and O–H groups in total. The predicted molar refractivity (Wildman–Crippen MR) is 74.2 cm³/mol. The lowest BCUT2D eigenvalue weighted by Crippen LogP contribution is -2.04. The summed E-state index contributed by atoms with van der Waals surface area (Å²) >= 11 is 5.76. The minimum absolute atomic E-state index is 0.457. The Hall–Kier alpha value is -1.81. The van der Waals surface area contributed by atoms with E-state index in [-0.39, 0.29) is 0 Å². The molecule has 0 fully saturated rings. The van der Waals surface area contributed by atoms with Crippen LogP contribution in [0.4, 0.5) is 13.2 Å². The lowest BCUT2D eigenvalue weighted by Gasteiger charge is -2.05. The number of nitrogens with zero attached hydrogens (tertiary/aromatic N) is 1. The number of rotatable bonds is 3. The fraction of sp³-hybridized carbons (Fsp3) is 0.133. The smallest absolute Gasteiger partial charge is 0.288 e. The Morgan fingerprint density at radius 3 is 2.10 bits per heavy atom. The average Bonchev–Trinajstić information content (AvgIpc) is 2.41. The molecule has 0 radical (unpaired) electrons. The van der Waals surface area contributed by atoms with Gasteiger partial charge in [0.2, 0.25) is 0 Å². The highest BCUT2D eigenvalue weighted by molar-refractivity contribution is 6.30. The second-order valence-electron chi connectivity index (χ2n) is 4.22. The predicted octanol–water partition coefficient (Wildman–Crippen LogP) is 4.98. The van der Waals surface area contributed by atoms with Crippen LogP contribution in [0.2, 0.25) is 5.02 Å². The van der Waals surface area contributed by atoms with Crippen LogP contribution < -0.4 is 0 Å². The van der Waals surface area contributed by atoms with Crippen molar-refractivity contribution in [1.29, 1.82) is 0 Å². The molecule has 0 heterocycles. The van der Waals surface area contributed by atoms with E-state index >= 15 is 0 Å². The van der Waals surface area contributed by atoms with Crippen molar-refractivity contribution in [2.24, 2.45) is 4.99 Å². The first-order valence-electron chi connectivity index (χ1n) is 5.87. The lowest BCUT2D eigenvalue weighted by atomic mass is 10.1. The molecule has 2 rings (SSSR count). The number of aliphatic imine (C=N–C) groups is 1. The van der Waals surface area contributed by atoms with E-state index in [4.69, 9.17) is 11.6 Å². The molecular weight excluding hydrogens is 287 g/mol. The number of benzene rings is 2. The van der Waals surface area contributed by atoms with Crippen LogP contribution >= 0.6 is 11.6 Å². The zero-order valence-corrected chi connectivity index (χ0v) is 11.1. The maximum absolute atomic E-state index is 12.4. The molecule has 0 aliphatic heterocycles. The Bertz CT molecular complexity index is 586. The highest BCUT2D eigenvalue weighted by Gasteiger charge is 2.29. The van der Waals surface area contributed by atoms with Gasteiger partial charge in [-0.2, -0.15) is 13.2 Å². The summed E-state index contributed by atoms with van der Waals surface area (Å²) in [5, 5.41) is 0.653. The van der Waals surface area contributed by atoms with Crippen LogP contribution in [0, 0.1) is 0 Å². The van der Waals surface area contributed by atoms with Crippen molar-refractivity contribution in [3.8, 4) is 0 Å². The van der Waals surface area contributed by atoms with Crippen LogP contribution in [-0.2, 0) is 12.7 Å². The van der Waals surface area contributed by atoms with Gasteiger partial charge in [0, 0.05) is 11.2 Å². The van der Waals surface area contributed by atoms with Gasteiger partial charge in [-0.15, -0.1) is 0 Å². The van der Waals surface area contributed by atoms with Crippen molar-refractivity contribution >= 4 is 17.8 Å². The van der Waals surface area contributed by atoms with Crippen LogP contribution in [0.25, 0.3) is 0 Å². The van der Waals surface area contributed by atoms with E-state index in [2.05, 4.69) is 4.99 Å². The van der Waals surface area contributed by atoms with E-state index in [1.165, 1.54) is 12.1 Å². The summed E-state index contributed by atoms with van der Waals surface area (Å²) in [6.45, 7) is 0.457. The van der Waals surface area contributed by atoms with E-state index < -0.39 is 11.7 Å². The molecule has 0 bridgehead atoms. The van der Waals surface area contributed by atoms with Gasteiger partial charge < -0.3 is 0 Å². The minimum atomic E-state index is -4.31. The Morgan fingerprint density at radius 2 is 1.55 bits per heavy atom. The summed E-state index contributed by atoms with van der Waals surface area (Å²) in [6.07, 6.45) is -2.76.